The van der Waals surface area contributed by atoms with Gasteiger partial charge >= 0.3 is 6.09 Å². The predicted octanol–water partition coefficient (Wildman–Crippen LogP) is 2.21. The summed E-state index contributed by atoms with van der Waals surface area (Å²) in [5.41, 5.74) is 0.0398. The van der Waals surface area contributed by atoms with Crippen LogP contribution in [0.3, 0.4) is 0 Å². The number of ether oxygens (including phenoxy) is 1. The van der Waals surface area contributed by atoms with Crippen LogP contribution >= 0.6 is 0 Å². The molecule has 2 fully saturated rings. The molecule has 1 unspecified atom stereocenters. The van der Waals surface area contributed by atoms with Crippen LogP contribution in [0.15, 0.2) is 18.3 Å². The van der Waals surface area contributed by atoms with Gasteiger partial charge in [-0.3, -0.25) is 4.79 Å². The number of aromatic nitrogens is 1. The van der Waals surface area contributed by atoms with Crippen LogP contribution in [0.4, 0.5) is 4.79 Å². The molecule has 3 heterocycles. The minimum atomic E-state index is -3.26. The quantitative estimate of drug-likeness (QED) is 0.752. The first-order valence-corrected chi connectivity index (χ1v) is 12.7. The lowest BCUT2D eigenvalue weighted by molar-refractivity contribution is 0.0187. The molecule has 2 saturated heterocycles. The van der Waals surface area contributed by atoms with Gasteiger partial charge in [0.1, 0.15) is 11.3 Å². The predicted molar refractivity (Wildman–Crippen MR) is 117 cm³/mol. The van der Waals surface area contributed by atoms with Gasteiger partial charge in [0.05, 0.1) is 6.26 Å². The van der Waals surface area contributed by atoms with Gasteiger partial charge in [-0.2, -0.15) is 0 Å². The van der Waals surface area contributed by atoms with Crippen molar-refractivity contribution in [2.45, 2.75) is 64.1 Å². The standard InChI is InChI=1S/C21H34N4O5S/c1-21(2,3)30-20(27)23-13-9-17(10-14-23)25-12-6-8-18(25)19(26)22-16-7-5-11-24(15-16)31(4,28)29/h6,8,12,16-17H,5,7,9-11,13-15H2,1-4H3,(H,22,26). The van der Waals surface area contributed by atoms with Crippen molar-refractivity contribution in [3.05, 3.63) is 24.0 Å². The van der Waals surface area contributed by atoms with E-state index in [1.54, 1.807) is 11.0 Å². The first-order chi connectivity index (χ1) is 14.4. The van der Waals surface area contributed by atoms with Gasteiger partial charge in [0.2, 0.25) is 10.0 Å². The van der Waals surface area contributed by atoms with Crippen molar-refractivity contribution in [1.29, 1.82) is 0 Å². The van der Waals surface area contributed by atoms with Crippen molar-refractivity contribution >= 4 is 22.0 Å². The molecule has 2 amide bonds. The number of likely N-dealkylation sites (tertiary alicyclic amines) is 1. The lowest BCUT2D eigenvalue weighted by atomic mass is 10.0. The molecule has 0 radical (unpaired) electrons. The molecule has 0 saturated carbocycles. The molecule has 174 valence electrons. The maximum Gasteiger partial charge on any atom is 0.410 e. The minimum Gasteiger partial charge on any atom is -0.444 e. The largest absolute Gasteiger partial charge is 0.444 e. The molecule has 0 bridgehead atoms. The van der Waals surface area contributed by atoms with Crippen molar-refractivity contribution in [2.75, 3.05) is 32.4 Å². The zero-order chi connectivity index (χ0) is 22.8. The van der Waals surface area contributed by atoms with Gasteiger partial charge in [0.25, 0.3) is 5.91 Å². The fourth-order valence-electron chi connectivity index (χ4n) is 4.18. The van der Waals surface area contributed by atoms with E-state index < -0.39 is 15.6 Å². The Hall–Kier alpha value is -2.07. The van der Waals surface area contributed by atoms with E-state index in [0.717, 1.165) is 25.7 Å². The summed E-state index contributed by atoms with van der Waals surface area (Å²) in [4.78, 5) is 26.9. The third-order valence-electron chi connectivity index (χ3n) is 5.71. The third kappa shape index (κ3) is 6.22. The molecule has 3 rings (SSSR count). The number of sulfonamides is 1. The maximum absolute atomic E-state index is 12.9. The molecule has 10 heteroatoms. The van der Waals surface area contributed by atoms with E-state index in [0.29, 0.717) is 31.9 Å². The maximum atomic E-state index is 12.9. The van der Waals surface area contributed by atoms with Gasteiger partial charge in [-0.05, 0) is 58.6 Å². The van der Waals surface area contributed by atoms with Crippen LogP contribution < -0.4 is 5.32 Å². The van der Waals surface area contributed by atoms with Gasteiger partial charge in [-0.15, -0.1) is 0 Å². The highest BCUT2D eigenvalue weighted by Crippen LogP contribution is 2.26. The molecule has 1 aromatic rings. The van der Waals surface area contributed by atoms with Gasteiger partial charge in [0.15, 0.2) is 0 Å². The van der Waals surface area contributed by atoms with Gasteiger partial charge in [0, 0.05) is 44.5 Å². The van der Waals surface area contributed by atoms with Crippen LogP contribution in [-0.4, -0.2) is 78.3 Å². The molecular formula is C21H34N4O5S. The second-order valence-corrected chi connectivity index (χ2v) is 11.4. The summed E-state index contributed by atoms with van der Waals surface area (Å²) in [6, 6.07) is 3.55. The molecule has 0 aliphatic carbocycles. The molecule has 2 aliphatic rings. The van der Waals surface area contributed by atoms with E-state index in [1.807, 2.05) is 37.6 Å². The first kappa shape index (κ1) is 23.6. The van der Waals surface area contributed by atoms with E-state index in [4.69, 9.17) is 4.74 Å². The van der Waals surface area contributed by atoms with E-state index in [1.165, 1.54) is 10.6 Å². The topological polar surface area (TPSA) is 101 Å². The Morgan fingerprint density at radius 2 is 1.81 bits per heavy atom. The third-order valence-corrected chi connectivity index (χ3v) is 6.98. The Morgan fingerprint density at radius 3 is 2.42 bits per heavy atom. The van der Waals surface area contributed by atoms with Crippen LogP contribution in [0.25, 0.3) is 0 Å². The zero-order valence-electron chi connectivity index (χ0n) is 18.8. The van der Waals surface area contributed by atoms with Crippen molar-refractivity contribution < 1.29 is 22.7 Å². The number of nitrogens with zero attached hydrogens (tertiary/aromatic N) is 3. The van der Waals surface area contributed by atoms with Gasteiger partial charge < -0.3 is 19.5 Å². The fraction of sp³-hybridized carbons (Fsp3) is 0.714. The number of carbonyl (C=O) groups excluding carboxylic acids is 2. The SMILES string of the molecule is CC(C)(C)OC(=O)N1CCC(n2cccc2C(=O)NC2CCCN(S(C)(=O)=O)C2)CC1. The lowest BCUT2D eigenvalue weighted by Crippen LogP contribution is -2.49. The molecule has 31 heavy (non-hydrogen) atoms. The molecule has 1 aromatic heterocycles. The highest BCUT2D eigenvalue weighted by molar-refractivity contribution is 7.88. The van der Waals surface area contributed by atoms with Crippen LogP contribution in [0.1, 0.15) is 63.0 Å². The highest BCUT2D eigenvalue weighted by Gasteiger charge is 2.30. The summed E-state index contributed by atoms with van der Waals surface area (Å²) in [5, 5.41) is 3.01. The number of piperidine rings is 2. The summed E-state index contributed by atoms with van der Waals surface area (Å²) < 4.78 is 32.5. The average molecular weight is 455 g/mol. The number of nitrogens with one attached hydrogen (secondary N) is 1. The van der Waals surface area contributed by atoms with E-state index in [-0.39, 0.29) is 24.1 Å². The van der Waals surface area contributed by atoms with Crippen molar-refractivity contribution in [2.24, 2.45) is 0 Å². The molecular weight excluding hydrogens is 420 g/mol. The minimum absolute atomic E-state index is 0.119. The van der Waals surface area contributed by atoms with E-state index >= 15 is 0 Å². The van der Waals surface area contributed by atoms with E-state index in [9.17, 15) is 18.0 Å². The Kier molecular flexibility index (Phi) is 7.00. The first-order valence-electron chi connectivity index (χ1n) is 10.8. The van der Waals surface area contributed by atoms with Gasteiger partial charge in [-0.1, -0.05) is 0 Å². The summed E-state index contributed by atoms with van der Waals surface area (Å²) in [6.45, 7) is 7.50. The summed E-state index contributed by atoms with van der Waals surface area (Å²) in [6.07, 6.45) is 5.75. The molecule has 2 aliphatic heterocycles. The Morgan fingerprint density at radius 1 is 1.13 bits per heavy atom. The average Bonchev–Trinajstić information content (AvgIpc) is 3.16. The molecule has 0 spiro atoms. The molecule has 0 aromatic carbocycles. The summed E-state index contributed by atoms with van der Waals surface area (Å²) in [5.74, 6) is -0.195. The van der Waals surface area contributed by atoms with Crippen LogP contribution in [-0.2, 0) is 14.8 Å². The molecule has 1 atom stereocenters. The van der Waals surface area contributed by atoms with Gasteiger partial charge in [-0.25, -0.2) is 17.5 Å². The van der Waals surface area contributed by atoms with Crippen molar-refractivity contribution in [3.8, 4) is 0 Å². The number of carbonyl (C=O) groups is 2. The molecule has 9 nitrogen and oxygen atoms in total. The zero-order valence-corrected chi connectivity index (χ0v) is 19.7. The fourth-order valence-corrected chi connectivity index (χ4v) is 5.09. The number of hydrogen-bond acceptors (Lipinski definition) is 5. The Bertz CT molecular complexity index is 897. The monoisotopic (exact) mass is 454 g/mol. The summed E-state index contributed by atoms with van der Waals surface area (Å²) in [7, 11) is -3.26. The van der Waals surface area contributed by atoms with Crippen molar-refractivity contribution in [1.82, 2.24) is 19.1 Å². The lowest BCUT2D eigenvalue weighted by Gasteiger charge is -2.35. The Balaban J connectivity index is 1.59. The second-order valence-electron chi connectivity index (χ2n) is 9.43. The van der Waals surface area contributed by atoms with Crippen LogP contribution in [0, 0.1) is 0 Å². The number of rotatable bonds is 4. The van der Waals surface area contributed by atoms with E-state index in [2.05, 4.69) is 5.32 Å². The summed E-state index contributed by atoms with van der Waals surface area (Å²) >= 11 is 0. The number of amides is 2. The van der Waals surface area contributed by atoms with Crippen LogP contribution in [0.5, 0.6) is 0 Å². The normalized spacial score (nSPS) is 21.7. The smallest absolute Gasteiger partial charge is 0.410 e. The van der Waals surface area contributed by atoms with Crippen LogP contribution in [0.2, 0.25) is 0 Å². The Labute approximate surface area is 184 Å². The second kappa shape index (κ2) is 9.20. The number of hydrogen-bond donors (Lipinski definition) is 1. The van der Waals surface area contributed by atoms with Crippen molar-refractivity contribution in [3.63, 3.8) is 0 Å². The highest BCUT2D eigenvalue weighted by atomic mass is 32.2. The molecule has 1 N–H and O–H groups in total.